The lowest BCUT2D eigenvalue weighted by molar-refractivity contribution is 0.809. The normalized spacial score (nSPS) is 8.91. The summed E-state index contributed by atoms with van der Waals surface area (Å²) < 4.78 is 0. The maximum absolute atomic E-state index is 3.20. The van der Waals surface area contributed by atoms with E-state index in [1.54, 1.807) is 0 Å². The van der Waals surface area contributed by atoms with E-state index < -0.39 is 0 Å². The van der Waals surface area contributed by atoms with Crippen molar-refractivity contribution in [3.05, 3.63) is 17.9 Å². The Bertz CT molecular complexity index is 104. The average Bonchev–Trinajstić information content (AvgIpc) is 2.03. The van der Waals surface area contributed by atoms with Crippen LogP contribution in [0.1, 0.15) is 52.4 Å². The van der Waals surface area contributed by atoms with E-state index in [-0.39, 0.29) is 0 Å². The minimum atomic E-state index is 1.19. The van der Waals surface area contributed by atoms with Crippen molar-refractivity contribution in [2.75, 3.05) is 0 Å². The van der Waals surface area contributed by atoms with Crippen molar-refractivity contribution in [1.82, 2.24) is 0 Å². The Morgan fingerprint density at radius 2 is 1.36 bits per heavy atom. The average molecular weight is 152 g/mol. The number of hydrogen-bond donors (Lipinski definition) is 0. The van der Waals surface area contributed by atoms with Gasteiger partial charge >= 0.3 is 0 Å². The van der Waals surface area contributed by atoms with E-state index in [9.17, 15) is 0 Å². The van der Waals surface area contributed by atoms with Gasteiger partial charge in [-0.15, -0.1) is 5.73 Å². The Kier molecular flexibility index (Phi) is 9.10. The molecule has 11 heavy (non-hydrogen) atoms. The molecule has 0 aromatic heterocycles. The highest BCUT2D eigenvalue weighted by atomic mass is 13.8. The van der Waals surface area contributed by atoms with Gasteiger partial charge in [0, 0.05) is 0 Å². The standard InChI is InChI=1S/C11H20/c1-3-5-7-9-11-10-8-6-4-2/h9-10H,3-8H2,1-2H3. The molecule has 0 radical (unpaired) electrons. The molecule has 0 amide bonds. The fraction of sp³-hybridized carbons (Fsp3) is 0.727. The van der Waals surface area contributed by atoms with Crippen LogP contribution in [0.25, 0.3) is 0 Å². The summed E-state index contributed by atoms with van der Waals surface area (Å²) in [6.45, 7) is 4.43. The van der Waals surface area contributed by atoms with Crippen molar-refractivity contribution in [3.8, 4) is 0 Å². The molecule has 0 bridgehead atoms. The molecule has 0 rings (SSSR count). The van der Waals surface area contributed by atoms with Crippen LogP contribution in [0.4, 0.5) is 0 Å². The van der Waals surface area contributed by atoms with E-state index in [2.05, 4.69) is 31.7 Å². The summed E-state index contributed by atoms with van der Waals surface area (Å²) in [6, 6.07) is 0. The predicted molar refractivity (Wildman–Crippen MR) is 51.7 cm³/mol. The summed E-state index contributed by atoms with van der Waals surface area (Å²) >= 11 is 0. The molecular formula is C11H20. The van der Waals surface area contributed by atoms with Crippen molar-refractivity contribution in [2.45, 2.75) is 52.4 Å². The van der Waals surface area contributed by atoms with E-state index in [1.165, 1.54) is 38.5 Å². The first-order valence-electron chi connectivity index (χ1n) is 4.81. The van der Waals surface area contributed by atoms with Crippen molar-refractivity contribution < 1.29 is 0 Å². The van der Waals surface area contributed by atoms with Gasteiger partial charge in [-0.3, -0.25) is 0 Å². The monoisotopic (exact) mass is 152 g/mol. The minimum Gasteiger partial charge on any atom is -0.130 e. The molecule has 0 heteroatoms. The molecular weight excluding hydrogens is 132 g/mol. The Balaban J connectivity index is 3.17. The zero-order valence-corrected chi connectivity index (χ0v) is 7.90. The maximum Gasteiger partial charge on any atom is -0.0275 e. The van der Waals surface area contributed by atoms with Crippen molar-refractivity contribution in [3.63, 3.8) is 0 Å². The van der Waals surface area contributed by atoms with Crippen molar-refractivity contribution in [1.29, 1.82) is 0 Å². The van der Waals surface area contributed by atoms with E-state index in [4.69, 9.17) is 0 Å². The summed E-state index contributed by atoms with van der Waals surface area (Å²) in [7, 11) is 0. The lowest BCUT2D eigenvalue weighted by Crippen LogP contribution is -1.65. The van der Waals surface area contributed by atoms with E-state index in [0.717, 1.165) is 0 Å². The molecule has 0 atom stereocenters. The lowest BCUT2D eigenvalue weighted by Gasteiger charge is -1.85. The highest BCUT2D eigenvalue weighted by molar-refractivity contribution is 4.84. The molecule has 0 saturated carbocycles. The molecule has 0 aliphatic rings. The molecule has 0 fully saturated rings. The number of unbranched alkanes of at least 4 members (excludes halogenated alkanes) is 4. The molecule has 0 saturated heterocycles. The first kappa shape index (κ1) is 10.5. The molecule has 0 heterocycles. The molecule has 0 aromatic carbocycles. The molecule has 0 aliphatic heterocycles. The van der Waals surface area contributed by atoms with Gasteiger partial charge < -0.3 is 0 Å². The summed E-state index contributed by atoms with van der Waals surface area (Å²) in [4.78, 5) is 0. The van der Waals surface area contributed by atoms with Crippen LogP contribution >= 0.6 is 0 Å². The van der Waals surface area contributed by atoms with Gasteiger partial charge in [0.1, 0.15) is 0 Å². The Labute approximate surface area is 71.0 Å². The van der Waals surface area contributed by atoms with Gasteiger partial charge in [0.25, 0.3) is 0 Å². The molecule has 0 nitrogen and oxygen atoms in total. The largest absolute Gasteiger partial charge is 0.130 e. The smallest absolute Gasteiger partial charge is 0.0275 e. The Morgan fingerprint density at radius 3 is 1.73 bits per heavy atom. The fourth-order valence-electron chi connectivity index (χ4n) is 0.862. The lowest BCUT2D eigenvalue weighted by atomic mass is 10.2. The van der Waals surface area contributed by atoms with Crippen LogP contribution in [0, 0.1) is 0 Å². The highest BCUT2D eigenvalue weighted by Gasteiger charge is 1.76. The summed E-state index contributed by atoms with van der Waals surface area (Å²) in [5.74, 6) is 0. The van der Waals surface area contributed by atoms with E-state index >= 15 is 0 Å². The number of allylic oxidation sites excluding steroid dienone is 1. The third-order valence-corrected chi connectivity index (χ3v) is 1.64. The van der Waals surface area contributed by atoms with Crippen molar-refractivity contribution >= 4 is 0 Å². The second-order valence-electron chi connectivity index (χ2n) is 2.86. The summed E-state index contributed by atoms with van der Waals surface area (Å²) in [5.41, 5.74) is 3.20. The molecule has 0 N–H and O–H groups in total. The molecule has 0 unspecified atom stereocenters. The molecule has 0 spiro atoms. The zero-order chi connectivity index (χ0) is 8.36. The van der Waals surface area contributed by atoms with Crippen LogP contribution in [0.2, 0.25) is 0 Å². The summed E-state index contributed by atoms with van der Waals surface area (Å²) in [5, 5.41) is 0. The second kappa shape index (κ2) is 9.52. The van der Waals surface area contributed by atoms with E-state index in [1.807, 2.05) is 0 Å². The molecule has 0 aliphatic carbocycles. The van der Waals surface area contributed by atoms with Gasteiger partial charge in [-0.2, -0.15) is 0 Å². The number of hydrogen-bond acceptors (Lipinski definition) is 0. The van der Waals surface area contributed by atoms with Gasteiger partial charge in [-0.25, -0.2) is 0 Å². The SMILES string of the molecule is CCCCC=C=CCCCC. The van der Waals surface area contributed by atoms with Crippen molar-refractivity contribution in [2.24, 2.45) is 0 Å². The fourth-order valence-corrected chi connectivity index (χ4v) is 0.862. The first-order chi connectivity index (χ1) is 5.41. The quantitative estimate of drug-likeness (QED) is 0.397. The highest BCUT2D eigenvalue weighted by Crippen LogP contribution is 1.96. The van der Waals surface area contributed by atoms with Gasteiger partial charge in [0.15, 0.2) is 0 Å². The van der Waals surface area contributed by atoms with E-state index in [0.29, 0.717) is 0 Å². The zero-order valence-electron chi connectivity index (χ0n) is 7.90. The van der Waals surface area contributed by atoms with Gasteiger partial charge in [0.2, 0.25) is 0 Å². The number of rotatable bonds is 6. The molecule has 64 valence electrons. The predicted octanol–water partition coefficient (Wildman–Crippen LogP) is 4.08. The van der Waals surface area contributed by atoms with Crippen LogP contribution in [0.15, 0.2) is 17.9 Å². The Morgan fingerprint density at radius 1 is 0.909 bits per heavy atom. The third-order valence-electron chi connectivity index (χ3n) is 1.64. The molecule has 0 aromatic rings. The topological polar surface area (TPSA) is 0 Å². The van der Waals surface area contributed by atoms with Gasteiger partial charge in [-0.05, 0) is 37.8 Å². The van der Waals surface area contributed by atoms with Gasteiger partial charge in [-0.1, -0.05) is 26.7 Å². The first-order valence-corrected chi connectivity index (χ1v) is 4.81. The van der Waals surface area contributed by atoms with Gasteiger partial charge in [0.05, 0.1) is 0 Å². The van der Waals surface area contributed by atoms with Crippen LogP contribution in [0.3, 0.4) is 0 Å². The minimum absolute atomic E-state index is 1.19. The Hall–Kier alpha value is -0.480. The van der Waals surface area contributed by atoms with Crippen LogP contribution < -0.4 is 0 Å². The van der Waals surface area contributed by atoms with Crippen LogP contribution in [-0.4, -0.2) is 0 Å². The summed E-state index contributed by atoms with van der Waals surface area (Å²) in [6.07, 6.45) is 11.9. The second-order valence-corrected chi connectivity index (χ2v) is 2.86. The van der Waals surface area contributed by atoms with Crippen LogP contribution in [-0.2, 0) is 0 Å². The van der Waals surface area contributed by atoms with Crippen LogP contribution in [0.5, 0.6) is 0 Å². The maximum atomic E-state index is 3.20. The third kappa shape index (κ3) is 9.52.